The van der Waals surface area contributed by atoms with E-state index in [1.54, 1.807) is 11.9 Å². The largest absolute Gasteiger partial charge is 0.472 e. The summed E-state index contributed by atoms with van der Waals surface area (Å²) < 4.78 is 11.4. The lowest BCUT2D eigenvalue weighted by molar-refractivity contribution is -0.00304. The van der Waals surface area contributed by atoms with E-state index < -0.39 is 16.9 Å². The van der Waals surface area contributed by atoms with E-state index in [1.165, 1.54) is 0 Å². The summed E-state index contributed by atoms with van der Waals surface area (Å²) in [5, 5.41) is 0. The van der Waals surface area contributed by atoms with Crippen LogP contribution < -0.4 is 16.0 Å². The Morgan fingerprint density at radius 1 is 1.24 bits per heavy atom. The number of nitrogens with zero attached hydrogens (tertiary/aromatic N) is 1. The fourth-order valence-corrected chi connectivity index (χ4v) is 3.59. The summed E-state index contributed by atoms with van der Waals surface area (Å²) in [4.78, 5) is 42.0. The van der Waals surface area contributed by atoms with Gasteiger partial charge in [-0.2, -0.15) is 0 Å². The molecular weight excluding hydrogens is 326 g/mol. The second-order valence-electron chi connectivity index (χ2n) is 8.00. The smallest absolute Gasteiger partial charge is 0.410 e. The van der Waals surface area contributed by atoms with E-state index in [-0.39, 0.29) is 23.6 Å². The number of aromatic amines is 2. The van der Waals surface area contributed by atoms with Crippen molar-refractivity contribution in [3.05, 3.63) is 26.4 Å². The molecule has 1 aromatic heterocycles. The molecule has 8 nitrogen and oxygen atoms in total. The van der Waals surface area contributed by atoms with Gasteiger partial charge in [0.15, 0.2) is 0 Å². The summed E-state index contributed by atoms with van der Waals surface area (Å²) in [5.41, 5.74) is -1.43. The summed E-state index contributed by atoms with van der Waals surface area (Å²) in [6, 6.07) is 0.0742. The first-order valence-corrected chi connectivity index (χ1v) is 8.59. The molecule has 1 aliphatic heterocycles. The molecule has 2 N–H and O–H groups in total. The van der Waals surface area contributed by atoms with Gasteiger partial charge in [0.25, 0.3) is 5.56 Å². The highest BCUT2D eigenvalue weighted by molar-refractivity contribution is 5.68. The Hall–Kier alpha value is -2.25. The zero-order valence-corrected chi connectivity index (χ0v) is 15.1. The number of nitrogens with one attached hydrogen (secondary N) is 2. The highest BCUT2D eigenvalue weighted by Gasteiger charge is 2.45. The Morgan fingerprint density at radius 2 is 1.88 bits per heavy atom. The van der Waals surface area contributed by atoms with Crippen molar-refractivity contribution in [2.45, 2.75) is 70.1 Å². The van der Waals surface area contributed by atoms with Crippen LogP contribution in [-0.4, -0.2) is 45.3 Å². The van der Waals surface area contributed by atoms with Gasteiger partial charge in [-0.1, -0.05) is 0 Å². The van der Waals surface area contributed by atoms with E-state index in [2.05, 4.69) is 9.97 Å². The topological polar surface area (TPSA) is 104 Å². The van der Waals surface area contributed by atoms with Crippen LogP contribution in [0.15, 0.2) is 9.59 Å². The van der Waals surface area contributed by atoms with E-state index in [9.17, 15) is 14.4 Å². The average Bonchev–Trinajstić information content (AvgIpc) is 2.84. The number of carbonyl (C=O) groups is 1. The lowest BCUT2D eigenvalue weighted by atomic mass is 9.79. The Kier molecular flexibility index (Phi) is 4.17. The van der Waals surface area contributed by atoms with Gasteiger partial charge in [0.2, 0.25) is 5.88 Å². The van der Waals surface area contributed by atoms with Crippen LogP contribution in [0.4, 0.5) is 4.79 Å². The average molecular weight is 351 g/mol. The van der Waals surface area contributed by atoms with Crippen LogP contribution >= 0.6 is 0 Å². The van der Waals surface area contributed by atoms with Gasteiger partial charge in [-0.3, -0.25) is 14.8 Å². The Balaban J connectivity index is 1.65. The highest BCUT2D eigenvalue weighted by Crippen LogP contribution is 2.41. The van der Waals surface area contributed by atoms with Crippen LogP contribution in [0.3, 0.4) is 0 Å². The molecule has 0 bridgehead atoms. The lowest BCUT2D eigenvalue weighted by Gasteiger charge is -2.39. The number of amides is 1. The van der Waals surface area contributed by atoms with Crippen molar-refractivity contribution in [1.82, 2.24) is 14.9 Å². The minimum absolute atomic E-state index is 0.0742. The van der Waals surface area contributed by atoms with E-state index in [1.807, 2.05) is 20.8 Å². The third-order valence-corrected chi connectivity index (χ3v) is 4.92. The van der Waals surface area contributed by atoms with Gasteiger partial charge in [0, 0.05) is 19.5 Å². The SMILES string of the molecule is CN(C(=O)OC(C)(C)C)C1CCC2(CC1)Cc1c([nH]c(=O)[nH]c1=O)O2. The second-order valence-corrected chi connectivity index (χ2v) is 8.00. The fraction of sp³-hybridized carbons (Fsp3) is 0.706. The molecule has 0 saturated heterocycles. The van der Waals surface area contributed by atoms with Crippen LogP contribution in [0.1, 0.15) is 52.0 Å². The summed E-state index contributed by atoms with van der Waals surface area (Å²) >= 11 is 0. The summed E-state index contributed by atoms with van der Waals surface area (Å²) in [6.07, 6.45) is 3.08. The minimum atomic E-state index is -0.556. The van der Waals surface area contributed by atoms with Crippen molar-refractivity contribution >= 4 is 6.09 Å². The minimum Gasteiger partial charge on any atom is -0.472 e. The number of rotatable bonds is 1. The second kappa shape index (κ2) is 5.93. The van der Waals surface area contributed by atoms with E-state index in [0.717, 1.165) is 12.8 Å². The summed E-state index contributed by atoms with van der Waals surface area (Å²) in [6.45, 7) is 5.53. The molecule has 1 aromatic rings. The summed E-state index contributed by atoms with van der Waals surface area (Å²) in [5.74, 6) is 0.285. The number of carbonyl (C=O) groups excluding carboxylic acids is 1. The Morgan fingerprint density at radius 3 is 2.48 bits per heavy atom. The molecule has 2 heterocycles. The van der Waals surface area contributed by atoms with Crippen molar-refractivity contribution < 1.29 is 14.3 Å². The quantitative estimate of drug-likeness (QED) is 0.799. The number of hydrogen-bond acceptors (Lipinski definition) is 5. The number of H-pyrrole nitrogens is 2. The molecule has 1 spiro atoms. The first-order valence-electron chi connectivity index (χ1n) is 8.59. The molecular formula is C17H25N3O5. The first kappa shape index (κ1) is 17.6. The molecule has 0 radical (unpaired) electrons. The molecule has 1 saturated carbocycles. The number of aromatic nitrogens is 2. The normalized spacial score (nSPS) is 25.4. The van der Waals surface area contributed by atoms with Gasteiger partial charge in [-0.15, -0.1) is 0 Å². The standard InChI is InChI=1S/C17H25N3O5/c1-16(2,3)25-15(23)20(4)10-5-7-17(8-6-10)9-11-12(21)18-14(22)19-13(11)24-17/h10H,5-9H2,1-4H3,(H2,18,19,21,22). The van der Waals surface area contributed by atoms with Gasteiger partial charge in [0.05, 0.1) is 5.56 Å². The van der Waals surface area contributed by atoms with Crippen LogP contribution in [0, 0.1) is 0 Å². The maximum absolute atomic E-state index is 12.2. The third-order valence-electron chi connectivity index (χ3n) is 4.92. The number of ether oxygens (including phenoxy) is 2. The van der Waals surface area contributed by atoms with Gasteiger partial charge < -0.3 is 14.4 Å². The maximum atomic E-state index is 12.2. The molecule has 3 rings (SSSR count). The molecule has 0 unspecified atom stereocenters. The zero-order valence-electron chi connectivity index (χ0n) is 15.1. The molecule has 1 aliphatic carbocycles. The van der Waals surface area contributed by atoms with Crippen molar-refractivity contribution in [3.63, 3.8) is 0 Å². The predicted molar refractivity (Wildman–Crippen MR) is 91.0 cm³/mol. The van der Waals surface area contributed by atoms with Crippen LogP contribution in [-0.2, 0) is 11.2 Å². The fourth-order valence-electron chi connectivity index (χ4n) is 3.59. The van der Waals surface area contributed by atoms with Crippen molar-refractivity contribution in [1.29, 1.82) is 0 Å². The maximum Gasteiger partial charge on any atom is 0.410 e. The molecule has 1 amide bonds. The molecule has 1 fully saturated rings. The molecule has 8 heteroatoms. The van der Waals surface area contributed by atoms with Crippen molar-refractivity contribution in [2.24, 2.45) is 0 Å². The Labute approximate surface area is 145 Å². The lowest BCUT2D eigenvalue weighted by Crippen LogP contribution is -2.47. The number of hydrogen-bond donors (Lipinski definition) is 2. The molecule has 138 valence electrons. The van der Waals surface area contributed by atoms with Gasteiger partial charge in [-0.05, 0) is 46.5 Å². The van der Waals surface area contributed by atoms with Gasteiger partial charge >= 0.3 is 11.8 Å². The van der Waals surface area contributed by atoms with Crippen LogP contribution in [0.5, 0.6) is 5.88 Å². The van der Waals surface area contributed by atoms with E-state index in [4.69, 9.17) is 9.47 Å². The van der Waals surface area contributed by atoms with E-state index >= 15 is 0 Å². The monoisotopic (exact) mass is 351 g/mol. The molecule has 0 atom stereocenters. The predicted octanol–water partition coefficient (Wildman–Crippen LogP) is 1.55. The van der Waals surface area contributed by atoms with Crippen LogP contribution in [0.2, 0.25) is 0 Å². The Bertz CT molecular complexity index is 781. The van der Waals surface area contributed by atoms with Crippen molar-refractivity contribution in [2.75, 3.05) is 7.05 Å². The van der Waals surface area contributed by atoms with Crippen molar-refractivity contribution in [3.8, 4) is 5.88 Å². The van der Waals surface area contributed by atoms with Gasteiger partial charge in [-0.25, -0.2) is 9.59 Å². The molecule has 0 aromatic carbocycles. The third kappa shape index (κ3) is 3.57. The zero-order chi connectivity index (χ0) is 18.4. The van der Waals surface area contributed by atoms with Crippen LogP contribution in [0.25, 0.3) is 0 Å². The molecule has 25 heavy (non-hydrogen) atoms. The van der Waals surface area contributed by atoms with E-state index in [0.29, 0.717) is 24.8 Å². The summed E-state index contributed by atoms with van der Waals surface area (Å²) in [7, 11) is 1.75. The number of fused-ring (bicyclic) bond motifs is 1. The first-order chi connectivity index (χ1) is 11.6. The highest BCUT2D eigenvalue weighted by atomic mass is 16.6. The molecule has 2 aliphatic rings. The van der Waals surface area contributed by atoms with Gasteiger partial charge in [0.1, 0.15) is 11.2 Å².